The van der Waals surface area contributed by atoms with Gasteiger partial charge in [-0.25, -0.2) is 9.97 Å². The Kier molecular flexibility index (Phi) is 5.07. The number of carbonyl (C=O) groups is 1. The molecule has 2 aliphatic heterocycles. The quantitative estimate of drug-likeness (QED) is 0.810. The molecule has 4 rings (SSSR count). The second-order valence-corrected chi connectivity index (χ2v) is 7.45. The van der Waals surface area contributed by atoms with E-state index in [1.807, 2.05) is 17.0 Å². The van der Waals surface area contributed by atoms with Crippen molar-refractivity contribution < 1.29 is 14.3 Å². The summed E-state index contributed by atoms with van der Waals surface area (Å²) in [7, 11) is 1.60. The molecular formula is C21H26N4O3. The van der Waals surface area contributed by atoms with E-state index >= 15 is 0 Å². The van der Waals surface area contributed by atoms with E-state index in [9.17, 15) is 4.79 Å². The Morgan fingerprint density at radius 3 is 2.64 bits per heavy atom. The maximum absolute atomic E-state index is 11.7. The third kappa shape index (κ3) is 3.74. The fraction of sp³-hybridized carbons (Fsp3) is 0.476. The van der Waals surface area contributed by atoms with Crippen molar-refractivity contribution in [2.24, 2.45) is 0 Å². The van der Waals surface area contributed by atoms with E-state index in [4.69, 9.17) is 14.5 Å². The molecule has 2 aromatic rings. The zero-order valence-corrected chi connectivity index (χ0v) is 16.6. The number of hydrogen-bond donors (Lipinski definition) is 0. The molecule has 2 aliphatic rings. The SMILES string of the molecule is COc1ccc(OC2CCN(c3nc4c(cc3C)CN(C(C)=O)C4)CC2)cn1. The lowest BCUT2D eigenvalue weighted by molar-refractivity contribution is -0.129. The lowest BCUT2D eigenvalue weighted by Crippen LogP contribution is -2.39. The molecule has 1 fully saturated rings. The summed E-state index contributed by atoms with van der Waals surface area (Å²) >= 11 is 0. The minimum absolute atomic E-state index is 0.100. The van der Waals surface area contributed by atoms with Gasteiger partial charge < -0.3 is 19.3 Å². The smallest absolute Gasteiger partial charge is 0.220 e. The standard InChI is InChI=1S/C21H26N4O3/c1-14-10-16-12-25(15(2)26)13-19(16)23-21(14)24-8-6-17(7-9-24)28-18-4-5-20(27-3)22-11-18/h4-5,10-11,17H,6-9,12-13H2,1-3H3. The van der Waals surface area contributed by atoms with Crippen LogP contribution >= 0.6 is 0 Å². The molecule has 0 aliphatic carbocycles. The van der Waals surface area contributed by atoms with Crippen molar-refractivity contribution in [1.29, 1.82) is 0 Å². The van der Waals surface area contributed by atoms with Crippen molar-refractivity contribution >= 4 is 11.7 Å². The van der Waals surface area contributed by atoms with Gasteiger partial charge in [-0.3, -0.25) is 4.79 Å². The van der Waals surface area contributed by atoms with Crippen LogP contribution in [-0.4, -0.2) is 47.1 Å². The van der Waals surface area contributed by atoms with Crippen LogP contribution in [0.5, 0.6) is 11.6 Å². The van der Waals surface area contributed by atoms with Crippen molar-refractivity contribution in [3.63, 3.8) is 0 Å². The van der Waals surface area contributed by atoms with Gasteiger partial charge in [-0.2, -0.15) is 0 Å². The highest BCUT2D eigenvalue weighted by molar-refractivity contribution is 5.74. The first-order valence-electron chi connectivity index (χ1n) is 9.70. The molecular weight excluding hydrogens is 356 g/mol. The molecule has 0 saturated carbocycles. The maximum atomic E-state index is 11.7. The summed E-state index contributed by atoms with van der Waals surface area (Å²) in [4.78, 5) is 24.9. The monoisotopic (exact) mass is 382 g/mol. The van der Waals surface area contributed by atoms with Crippen LogP contribution in [0.2, 0.25) is 0 Å². The van der Waals surface area contributed by atoms with E-state index in [-0.39, 0.29) is 12.0 Å². The first-order chi connectivity index (χ1) is 13.5. The van der Waals surface area contributed by atoms with Gasteiger partial charge in [0.05, 0.1) is 25.5 Å². The van der Waals surface area contributed by atoms with Crippen LogP contribution in [0.1, 0.15) is 36.6 Å². The second-order valence-electron chi connectivity index (χ2n) is 7.45. The first kappa shape index (κ1) is 18.5. The topological polar surface area (TPSA) is 67.8 Å². The van der Waals surface area contributed by atoms with Crippen molar-refractivity contribution in [3.8, 4) is 11.6 Å². The van der Waals surface area contributed by atoms with E-state index in [1.165, 1.54) is 11.1 Å². The largest absolute Gasteiger partial charge is 0.489 e. The fourth-order valence-electron chi connectivity index (χ4n) is 3.89. The lowest BCUT2D eigenvalue weighted by Gasteiger charge is -2.34. The highest BCUT2D eigenvalue weighted by Crippen LogP contribution is 2.29. The summed E-state index contributed by atoms with van der Waals surface area (Å²) in [6, 6.07) is 5.89. The van der Waals surface area contributed by atoms with Gasteiger partial charge in [0.25, 0.3) is 0 Å². The number of piperidine rings is 1. The Hall–Kier alpha value is -2.83. The number of carbonyl (C=O) groups excluding carboxylic acids is 1. The highest BCUT2D eigenvalue weighted by atomic mass is 16.5. The van der Waals surface area contributed by atoms with E-state index in [0.717, 1.165) is 43.2 Å². The van der Waals surface area contributed by atoms with Crippen LogP contribution in [0, 0.1) is 6.92 Å². The van der Waals surface area contributed by atoms with Crippen molar-refractivity contribution in [2.75, 3.05) is 25.1 Å². The average Bonchev–Trinajstić information content (AvgIpc) is 3.12. The van der Waals surface area contributed by atoms with Crippen molar-refractivity contribution in [1.82, 2.24) is 14.9 Å². The number of fused-ring (bicyclic) bond motifs is 1. The van der Waals surface area contributed by atoms with Crippen molar-refractivity contribution in [2.45, 2.75) is 45.9 Å². The summed E-state index contributed by atoms with van der Waals surface area (Å²) in [5, 5.41) is 0. The molecule has 7 nitrogen and oxygen atoms in total. The molecule has 0 radical (unpaired) electrons. The molecule has 148 valence electrons. The lowest BCUT2D eigenvalue weighted by atomic mass is 10.1. The van der Waals surface area contributed by atoms with Crippen LogP contribution in [0.15, 0.2) is 24.4 Å². The number of pyridine rings is 2. The normalized spacial score (nSPS) is 16.8. The number of hydrogen-bond acceptors (Lipinski definition) is 6. The van der Waals surface area contributed by atoms with Crippen LogP contribution < -0.4 is 14.4 Å². The van der Waals surface area contributed by atoms with Gasteiger partial charge in [-0.15, -0.1) is 0 Å². The third-order valence-electron chi connectivity index (χ3n) is 5.46. The summed E-state index contributed by atoms with van der Waals surface area (Å²) in [6.45, 7) is 6.80. The molecule has 28 heavy (non-hydrogen) atoms. The predicted molar refractivity (Wildman–Crippen MR) is 106 cm³/mol. The molecule has 4 heterocycles. The summed E-state index contributed by atoms with van der Waals surface area (Å²) in [5.74, 6) is 2.50. The van der Waals surface area contributed by atoms with Gasteiger partial charge in [-0.1, -0.05) is 0 Å². The molecule has 2 aromatic heterocycles. The summed E-state index contributed by atoms with van der Waals surface area (Å²) in [6.07, 6.45) is 3.75. The Morgan fingerprint density at radius 2 is 2.00 bits per heavy atom. The molecule has 1 amide bonds. The van der Waals surface area contributed by atoms with Crippen LogP contribution in [0.3, 0.4) is 0 Å². The number of aromatic nitrogens is 2. The molecule has 7 heteroatoms. The van der Waals surface area contributed by atoms with E-state index < -0.39 is 0 Å². The Labute approximate surface area is 165 Å². The minimum atomic E-state index is 0.100. The van der Waals surface area contributed by atoms with Gasteiger partial charge in [0.2, 0.25) is 11.8 Å². The molecule has 0 spiro atoms. The van der Waals surface area contributed by atoms with E-state index in [1.54, 1.807) is 20.2 Å². The zero-order valence-electron chi connectivity index (χ0n) is 16.6. The Balaban J connectivity index is 1.39. The van der Waals surface area contributed by atoms with Crippen molar-refractivity contribution in [3.05, 3.63) is 41.2 Å². The minimum Gasteiger partial charge on any atom is -0.489 e. The number of ether oxygens (including phenoxy) is 2. The Morgan fingerprint density at radius 1 is 1.21 bits per heavy atom. The first-order valence-corrected chi connectivity index (χ1v) is 9.70. The van der Waals surface area contributed by atoms with Gasteiger partial charge in [0.1, 0.15) is 17.7 Å². The highest BCUT2D eigenvalue weighted by Gasteiger charge is 2.27. The number of methoxy groups -OCH3 is 1. The summed E-state index contributed by atoms with van der Waals surface area (Å²) < 4.78 is 11.2. The predicted octanol–water partition coefficient (Wildman–Crippen LogP) is 2.70. The number of aryl methyl sites for hydroxylation is 1. The van der Waals surface area contributed by atoms with E-state index in [0.29, 0.717) is 19.0 Å². The van der Waals surface area contributed by atoms with Crippen LogP contribution in [-0.2, 0) is 17.9 Å². The summed E-state index contributed by atoms with van der Waals surface area (Å²) in [5.41, 5.74) is 3.36. The molecule has 0 unspecified atom stereocenters. The number of amides is 1. The van der Waals surface area contributed by atoms with Crippen LogP contribution in [0.25, 0.3) is 0 Å². The van der Waals surface area contributed by atoms with Gasteiger partial charge in [-0.05, 0) is 30.2 Å². The molecule has 1 saturated heterocycles. The number of nitrogens with zero attached hydrogens (tertiary/aromatic N) is 4. The molecule has 0 bridgehead atoms. The average molecular weight is 382 g/mol. The third-order valence-corrected chi connectivity index (χ3v) is 5.46. The van der Waals surface area contributed by atoms with E-state index in [2.05, 4.69) is 22.9 Å². The number of anilines is 1. The van der Waals surface area contributed by atoms with Gasteiger partial charge in [0, 0.05) is 45.5 Å². The molecule has 0 atom stereocenters. The van der Waals surface area contributed by atoms with Crippen LogP contribution in [0.4, 0.5) is 5.82 Å². The van der Waals surface area contributed by atoms with Gasteiger partial charge in [0.15, 0.2) is 0 Å². The number of rotatable bonds is 4. The van der Waals surface area contributed by atoms with Gasteiger partial charge >= 0.3 is 0 Å². The fourth-order valence-corrected chi connectivity index (χ4v) is 3.89. The molecule has 0 aromatic carbocycles. The second kappa shape index (κ2) is 7.66. The molecule has 0 N–H and O–H groups in total. The maximum Gasteiger partial charge on any atom is 0.220 e. The zero-order chi connectivity index (χ0) is 19.7. The Bertz CT molecular complexity index is 861.